The van der Waals surface area contributed by atoms with E-state index in [0.29, 0.717) is 13.2 Å². The lowest BCUT2D eigenvalue weighted by Crippen LogP contribution is -2.47. The first-order valence-corrected chi connectivity index (χ1v) is 8.35. The third kappa shape index (κ3) is 5.87. The highest BCUT2D eigenvalue weighted by atomic mass is 16.5. The zero-order chi connectivity index (χ0) is 17.5. The van der Waals surface area contributed by atoms with E-state index in [4.69, 9.17) is 9.47 Å². The van der Waals surface area contributed by atoms with Gasteiger partial charge in [-0.05, 0) is 63.3 Å². The molecule has 0 amide bonds. The second-order valence-corrected chi connectivity index (χ2v) is 6.68. The molecule has 0 fully saturated rings. The molecular formula is C19H31NO3. The molecule has 4 nitrogen and oxygen atoms in total. The van der Waals surface area contributed by atoms with E-state index in [2.05, 4.69) is 51.2 Å². The van der Waals surface area contributed by atoms with E-state index in [1.807, 2.05) is 6.92 Å². The molecule has 1 rings (SSSR count). The Labute approximate surface area is 140 Å². The number of nitrogens with one attached hydrogen (secondary N) is 1. The summed E-state index contributed by atoms with van der Waals surface area (Å²) in [5.41, 5.74) is 2.16. The van der Waals surface area contributed by atoms with E-state index >= 15 is 0 Å². The second kappa shape index (κ2) is 8.92. The van der Waals surface area contributed by atoms with Crippen molar-refractivity contribution in [3.63, 3.8) is 0 Å². The zero-order valence-electron chi connectivity index (χ0n) is 15.4. The molecule has 23 heavy (non-hydrogen) atoms. The highest BCUT2D eigenvalue weighted by Crippen LogP contribution is 2.28. The van der Waals surface area contributed by atoms with E-state index in [9.17, 15) is 4.79 Å². The number of benzene rings is 1. The number of hydrogen-bond acceptors (Lipinski definition) is 4. The van der Waals surface area contributed by atoms with Gasteiger partial charge in [0.2, 0.25) is 0 Å². The van der Waals surface area contributed by atoms with Gasteiger partial charge < -0.3 is 14.8 Å². The number of ether oxygens (including phenoxy) is 2. The SMILES string of the molecule is CCOC(=O)[C@H](NC)C(C)(C)CCCOc1cc(C)ccc1C. The Morgan fingerprint density at radius 3 is 2.61 bits per heavy atom. The first kappa shape index (κ1) is 19.5. The largest absolute Gasteiger partial charge is 0.493 e. The Morgan fingerprint density at radius 2 is 2.00 bits per heavy atom. The molecule has 0 aromatic heterocycles. The molecular weight excluding hydrogens is 290 g/mol. The van der Waals surface area contributed by atoms with Crippen molar-refractivity contribution in [2.75, 3.05) is 20.3 Å². The zero-order valence-corrected chi connectivity index (χ0v) is 15.4. The average Bonchev–Trinajstić information content (AvgIpc) is 2.47. The van der Waals surface area contributed by atoms with Crippen LogP contribution in [-0.2, 0) is 9.53 Å². The van der Waals surface area contributed by atoms with Gasteiger partial charge in [0.15, 0.2) is 0 Å². The standard InChI is InChI=1S/C19H31NO3/c1-7-22-18(21)17(20-6)19(4,5)11-8-12-23-16-13-14(2)9-10-15(16)3/h9-10,13,17,20H,7-8,11-12H2,1-6H3/t17-/m0/s1. The summed E-state index contributed by atoms with van der Waals surface area (Å²) in [5.74, 6) is 0.758. The number of esters is 1. The van der Waals surface area contributed by atoms with Gasteiger partial charge in [0.25, 0.3) is 0 Å². The van der Waals surface area contributed by atoms with Crippen molar-refractivity contribution in [1.29, 1.82) is 0 Å². The summed E-state index contributed by atoms with van der Waals surface area (Å²) in [6.07, 6.45) is 1.76. The minimum Gasteiger partial charge on any atom is -0.493 e. The van der Waals surface area contributed by atoms with Crippen LogP contribution in [-0.4, -0.2) is 32.3 Å². The Balaban J connectivity index is 2.52. The molecule has 0 radical (unpaired) electrons. The van der Waals surface area contributed by atoms with Crippen LogP contribution < -0.4 is 10.1 Å². The first-order chi connectivity index (χ1) is 10.8. The molecule has 0 aliphatic rings. The van der Waals surface area contributed by atoms with Crippen molar-refractivity contribution in [3.05, 3.63) is 29.3 Å². The van der Waals surface area contributed by atoms with Crippen molar-refractivity contribution < 1.29 is 14.3 Å². The van der Waals surface area contributed by atoms with Gasteiger partial charge in [-0.1, -0.05) is 26.0 Å². The van der Waals surface area contributed by atoms with Crippen LogP contribution in [0.4, 0.5) is 0 Å². The highest BCUT2D eigenvalue weighted by Gasteiger charge is 2.34. The summed E-state index contributed by atoms with van der Waals surface area (Å²) in [6, 6.07) is 5.92. The van der Waals surface area contributed by atoms with Gasteiger partial charge in [0.05, 0.1) is 13.2 Å². The van der Waals surface area contributed by atoms with E-state index in [1.165, 1.54) is 5.56 Å². The topological polar surface area (TPSA) is 47.6 Å². The molecule has 1 N–H and O–H groups in total. The van der Waals surface area contributed by atoms with Crippen LogP contribution in [0.1, 0.15) is 44.7 Å². The molecule has 0 aliphatic carbocycles. The van der Waals surface area contributed by atoms with E-state index in [1.54, 1.807) is 7.05 Å². The fourth-order valence-electron chi connectivity index (χ4n) is 2.77. The van der Waals surface area contributed by atoms with Crippen molar-refractivity contribution >= 4 is 5.97 Å². The van der Waals surface area contributed by atoms with E-state index < -0.39 is 0 Å². The molecule has 4 heteroatoms. The Morgan fingerprint density at radius 1 is 1.30 bits per heavy atom. The number of carbonyl (C=O) groups excluding carboxylic acids is 1. The van der Waals surface area contributed by atoms with Gasteiger partial charge in [0.1, 0.15) is 11.8 Å². The van der Waals surface area contributed by atoms with Crippen LogP contribution in [0.5, 0.6) is 5.75 Å². The van der Waals surface area contributed by atoms with Gasteiger partial charge in [-0.3, -0.25) is 4.79 Å². The quantitative estimate of drug-likeness (QED) is 0.557. The molecule has 0 saturated carbocycles. The predicted molar refractivity (Wildman–Crippen MR) is 93.9 cm³/mol. The lowest BCUT2D eigenvalue weighted by Gasteiger charge is -2.32. The van der Waals surface area contributed by atoms with Gasteiger partial charge in [-0.25, -0.2) is 0 Å². The molecule has 130 valence electrons. The van der Waals surface area contributed by atoms with Crippen molar-refractivity contribution in [1.82, 2.24) is 5.32 Å². The third-order valence-electron chi connectivity index (χ3n) is 4.16. The number of aryl methyl sites for hydroxylation is 2. The number of hydrogen-bond donors (Lipinski definition) is 1. The molecule has 0 aliphatic heterocycles. The average molecular weight is 321 g/mol. The van der Waals surface area contributed by atoms with Gasteiger partial charge in [0, 0.05) is 0 Å². The third-order valence-corrected chi connectivity index (χ3v) is 4.16. The van der Waals surface area contributed by atoms with Crippen LogP contribution in [0, 0.1) is 19.3 Å². The summed E-state index contributed by atoms with van der Waals surface area (Å²) >= 11 is 0. The van der Waals surface area contributed by atoms with Crippen LogP contribution >= 0.6 is 0 Å². The van der Waals surface area contributed by atoms with E-state index in [0.717, 1.165) is 24.2 Å². The maximum absolute atomic E-state index is 12.0. The molecule has 1 aromatic rings. The van der Waals surface area contributed by atoms with Crippen molar-refractivity contribution in [3.8, 4) is 5.75 Å². The van der Waals surface area contributed by atoms with Crippen molar-refractivity contribution in [2.24, 2.45) is 5.41 Å². The van der Waals surface area contributed by atoms with Crippen LogP contribution in [0.25, 0.3) is 0 Å². The fourth-order valence-corrected chi connectivity index (χ4v) is 2.77. The molecule has 1 atom stereocenters. The molecule has 0 spiro atoms. The maximum Gasteiger partial charge on any atom is 0.323 e. The summed E-state index contributed by atoms with van der Waals surface area (Å²) in [6.45, 7) is 11.2. The Bertz CT molecular complexity index is 511. The second-order valence-electron chi connectivity index (χ2n) is 6.68. The molecule has 0 heterocycles. The lowest BCUT2D eigenvalue weighted by molar-refractivity contribution is -0.148. The number of rotatable bonds is 9. The predicted octanol–water partition coefficient (Wildman–Crippen LogP) is 3.64. The van der Waals surface area contributed by atoms with Crippen molar-refractivity contribution in [2.45, 2.75) is 53.5 Å². The van der Waals surface area contributed by atoms with Crippen LogP contribution in [0.2, 0.25) is 0 Å². The molecule has 0 unspecified atom stereocenters. The summed E-state index contributed by atoms with van der Waals surface area (Å²) in [5, 5.41) is 3.09. The number of carbonyl (C=O) groups is 1. The monoisotopic (exact) mass is 321 g/mol. The lowest BCUT2D eigenvalue weighted by atomic mass is 9.80. The summed E-state index contributed by atoms with van der Waals surface area (Å²) < 4.78 is 11.1. The molecule has 0 saturated heterocycles. The number of likely N-dealkylation sites (N-methyl/N-ethyl adjacent to an activating group) is 1. The first-order valence-electron chi connectivity index (χ1n) is 8.35. The van der Waals surface area contributed by atoms with Crippen LogP contribution in [0.3, 0.4) is 0 Å². The van der Waals surface area contributed by atoms with E-state index in [-0.39, 0.29) is 17.4 Å². The molecule has 1 aromatic carbocycles. The van der Waals surface area contributed by atoms with Crippen LogP contribution in [0.15, 0.2) is 18.2 Å². The Kier molecular flexibility index (Phi) is 7.56. The van der Waals surface area contributed by atoms with Gasteiger partial charge in [-0.2, -0.15) is 0 Å². The Hall–Kier alpha value is -1.55. The summed E-state index contributed by atoms with van der Waals surface area (Å²) in [4.78, 5) is 12.0. The highest BCUT2D eigenvalue weighted by molar-refractivity contribution is 5.76. The maximum atomic E-state index is 12.0. The normalized spacial score (nSPS) is 12.8. The van der Waals surface area contributed by atoms with Gasteiger partial charge in [-0.15, -0.1) is 0 Å². The smallest absolute Gasteiger partial charge is 0.323 e. The summed E-state index contributed by atoms with van der Waals surface area (Å²) in [7, 11) is 1.80. The molecule has 0 bridgehead atoms. The minimum atomic E-state index is -0.303. The fraction of sp³-hybridized carbons (Fsp3) is 0.632. The van der Waals surface area contributed by atoms with Gasteiger partial charge >= 0.3 is 5.97 Å². The minimum absolute atomic E-state index is 0.185.